The van der Waals surface area contributed by atoms with E-state index in [0.717, 1.165) is 31.7 Å². The maximum absolute atomic E-state index is 13.7. The van der Waals surface area contributed by atoms with Crippen LogP contribution in [0.3, 0.4) is 0 Å². The highest BCUT2D eigenvalue weighted by Crippen LogP contribution is 2.30. The predicted octanol–water partition coefficient (Wildman–Crippen LogP) is 4.18. The van der Waals surface area contributed by atoms with Gasteiger partial charge in [0, 0.05) is 25.1 Å². The number of carbonyl (C=O) groups excluding carboxylic acids is 1. The van der Waals surface area contributed by atoms with Gasteiger partial charge < -0.3 is 20.5 Å². The van der Waals surface area contributed by atoms with Crippen molar-refractivity contribution in [3.63, 3.8) is 0 Å². The van der Waals surface area contributed by atoms with Crippen LogP contribution in [0.4, 0.5) is 8.78 Å². The topological polar surface area (TPSA) is 70.6 Å². The number of hydrogen-bond donors (Lipinski definition) is 3. The molecule has 0 heterocycles. The van der Waals surface area contributed by atoms with Crippen molar-refractivity contribution in [3.05, 3.63) is 82.9 Å². The van der Waals surface area contributed by atoms with E-state index in [4.69, 9.17) is 4.74 Å². The number of aliphatic hydroxyl groups is 1. The third-order valence-corrected chi connectivity index (χ3v) is 6.40. The van der Waals surface area contributed by atoms with E-state index in [1.54, 1.807) is 6.08 Å². The molecule has 3 rings (SSSR count). The smallest absolute Gasteiger partial charge is 0.222 e. The van der Waals surface area contributed by atoms with Gasteiger partial charge >= 0.3 is 0 Å². The molecule has 1 aliphatic carbocycles. The second-order valence-electron chi connectivity index (χ2n) is 9.08. The van der Waals surface area contributed by atoms with Crippen molar-refractivity contribution in [1.29, 1.82) is 0 Å². The Morgan fingerprint density at radius 3 is 2.71 bits per heavy atom. The van der Waals surface area contributed by atoms with E-state index in [1.807, 2.05) is 0 Å². The summed E-state index contributed by atoms with van der Waals surface area (Å²) in [7, 11) is 0. The Kier molecular flexibility index (Phi) is 10.4. The molecule has 3 atom stereocenters. The van der Waals surface area contributed by atoms with Crippen LogP contribution in [0.1, 0.15) is 54.5 Å². The van der Waals surface area contributed by atoms with Crippen LogP contribution in [0.5, 0.6) is 0 Å². The first kappa shape index (κ1) is 27.0. The highest BCUT2D eigenvalue weighted by molar-refractivity contribution is 5.76. The molecular formula is C28H36F2N2O3. The second-order valence-corrected chi connectivity index (χ2v) is 9.08. The Hall–Kier alpha value is -2.61. The monoisotopic (exact) mass is 486 g/mol. The molecule has 5 nitrogen and oxygen atoms in total. The van der Waals surface area contributed by atoms with Crippen LogP contribution >= 0.6 is 0 Å². The molecule has 0 saturated heterocycles. The summed E-state index contributed by atoms with van der Waals surface area (Å²) in [6.07, 6.45) is 4.85. The summed E-state index contributed by atoms with van der Waals surface area (Å²) in [6, 6.07) is 9.22. The minimum Gasteiger partial charge on any atom is -0.390 e. The maximum atomic E-state index is 13.7. The predicted molar refractivity (Wildman–Crippen MR) is 133 cm³/mol. The Morgan fingerprint density at radius 2 is 2.00 bits per heavy atom. The van der Waals surface area contributed by atoms with E-state index < -0.39 is 23.8 Å². The van der Waals surface area contributed by atoms with Crippen LogP contribution in [0.25, 0.3) is 0 Å². The zero-order valence-corrected chi connectivity index (χ0v) is 20.4. The number of carbonyl (C=O) groups is 1. The summed E-state index contributed by atoms with van der Waals surface area (Å²) in [5.41, 5.74) is 4.22. The Labute approximate surface area is 206 Å². The van der Waals surface area contributed by atoms with Gasteiger partial charge in [-0.3, -0.25) is 4.79 Å². The van der Waals surface area contributed by atoms with E-state index in [9.17, 15) is 18.7 Å². The minimum atomic E-state index is -0.959. The SMILES string of the molecule is C=CCOCCC(=O)N[C@@H](Cc1cc(F)cc(F)c1)[C@H](O)CNC1CCCc2ccc(CC)cc21. The fourth-order valence-electron chi connectivity index (χ4n) is 4.56. The van der Waals surface area contributed by atoms with Gasteiger partial charge in [-0.1, -0.05) is 31.2 Å². The van der Waals surface area contributed by atoms with Gasteiger partial charge in [0.15, 0.2) is 0 Å². The number of halogens is 2. The van der Waals surface area contributed by atoms with Gasteiger partial charge in [0.2, 0.25) is 5.91 Å². The average Bonchev–Trinajstić information content (AvgIpc) is 2.83. The summed E-state index contributed by atoms with van der Waals surface area (Å²) >= 11 is 0. The number of aryl methyl sites for hydroxylation is 2. The number of rotatable bonds is 13. The molecule has 0 bridgehead atoms. The molecular weight excluding hydrogens is 450 g/mol. The maximum Gasteiger partial charge on any atom is 0.222 e. The third kappa shape index (κ3) is 8.23. The van der Waals surface area contributed by atoms with E-state index in [2.05, 4.69) is 42.3 Å². The lowest BCUT2D eigenvalue weighted by atomic mass is 9.86. The molecule has 3 N–H and O–H groups in total. The number of aliphatic hydroxyl groups excluding tert-OH is 1. The molecule has 0 saturated carbocycles. The lowest BCUT2D eigenvalue weighted by molar-refractivity contribution is -0.123. The average molecular weight is 487 g/mol. The second kappa shape index (κ2) is 13.5. The normalized spacial score (nSPS) is 16.9. The van der Waals surface area contributed by atoms with Crippen molar-refractivity contribution >= 4 is 5.91 Å². The van der Waals surface area contributed by atoms with Gasteiger partial charge in [0.1, 0.15) is 11.6 Å². The number of hydrogen-bond acceptors (Lipinski definition) is 4. The van der Waals surface area contributed by atoms with E-state index >= 15 is 0 Å². The zero-order chi connectivity index (χ0) is 25.2. The van der Waals surface area contributed by atoms with Crippen molar-refractivity contribution in [3.8, 4) is 0 Å². The minimum absolute atomic E-state index is 0.0953. The summed E-state index contributed by atoms with van der Waals surface area (Å²) in [6.45, 7) is 6.48. The molecule has 1 aliphatic rings. The molecule has 35 heavy (non-hydrogen) atoms. The van der Waals surface area contributed by atoms with Crippen molar-refractivity contribution in [2.24, 2.45) is 0 Å². The fraction of sp³-hybridized carbons (Fsp3) is 0.464. The molecule has 0 spiro atoms. The third-order valence-electron chi connectivity index (χ3n) is 6.40. The Balaban J connectivity index is 1.68. The first-order valence-corrected chi connectivity index (χ1v) is 12.4. The lowest BCUT2D eigenvalue weighted by Crippen LogP contribution is -2.49. The first-order valence-electron chi connectivity index (χ1n) is 12.4. The van der Waals surface area contributed by atoms with Gasteiger partial charge in [-0.2, -0.15) is 0 Å². The lowest BCUT2D eigenvalue weighted by Gasteiger charge is -2.30. The number of fused-ring (bicyclic) bond motifs is 1. The highest BCUT2D eigenvalue weighted by atomic mass is 19.1. The van der Waals surface area contributed by atoms with Crippen molar-refractivity contribution in [2.75, 3.05) is 19.8 Å². The summed E-state index contributed by atoms with van der Waals surface area (Å²) in [5.74, 6) is -1.69. The van der Waals surface area contributed by atoms with Crippen LogP contribution in [-0.2, 0) is 28.8 Å². The zero-order valence-electron chi connectivity index (χ0n) is 20.4. The van der Waals surface area contributed by atoms with Gasteiger partial charge in [-0.25, -0.2) is 8.78 Å². The standard InChI is InChI=1S/C28H36F2N2O3/c1-3-11-35-12-10-28(34)32-26(16-20-13-22(29)17-23(30)14-20)27(33)18-31-25-7-5-6-21-9-8-19(4-2)15-24(21)25/h3,8-9,13-15,17,25-27,31,33H,1,4-7,10-12,16,18H2,2H3,(H,32,34)/t25?,26-,27+/m0/s1. The number of benzene rings is 2. The number of ether oxygens (including phenoxy) is 1. The molecule has 0 aliphatic heterocycles. The van der Waals surface area contributed by atoms with Crippen LogP contribution < -0.4 is 10.6 Å². The molecule has 1 amide bonds. The van der Waals surface area contributed by atoms with Crippen LogP contribution in [0, 0.1) is 11.6 Å². The van der Waals surface area contributed by atoms with Crippen molar-refractivity contribution < 1.29 is 23.4 Å². The summed E-state index contributed by atoms with van der Waals surface area (Å²) < 4.78 is 32.8. The molecule has 1 unspecified atom stereocenters. The van der Waals surface area contributed by atoms with E-state index in [1.165, 1.54) is 28.8 Å². The van der Waals surface area contributed by atoms with Crippen LogP contribution in [-0.4, -0.2) is 42.9 Å². The molecule has 7 heteroatoms. The number of amides is 1. The quantitative estimate of drug-likeness (QED) is 0.294. The highest BCUT2D eigenvalue weighted by Gasteiger charge is 2.25. The van der Waals surface area contributed by atoms with Gasteiger partial charge in [-0.15, -0.1) is 6.58 Å². The fourth-order valence-corrected chi connectivity index (χ4v) is 4.56. The van der Waals surface area contributed by atoms with Gasteiger partial charge in [0.25, 0.3) is 0 Å². The van der Waals surface area contributed by atoms with E-state index in [0.29, 0.717) is 12.2 Å². The molecule has 190 valence electrons. The Morgan fingerprint density at radius 1 is 1.23 bits per heavy atom. The van der Waals surface area contributed by atoms with Gasteiger partial charge in [-0.05, 0) is 66.5 Å². The first-order chi connectivity index (χ1) is 16.9. The van der Waals surface area contributed by atoms with Crippen LogP contribution in [0.15, 0.2) is 49.1 Å². The molecule has 2 aromatic rings. The van der Waals surface area contributed by atoms with Crippen LogP contribution in [0.2, 0.25) is 0 Å². The molecule has 0 radical (unpaired) electrons. The van der Waals surface area contributed by atoms with Crippen molar-refractivity contribution in [1.82, 2.24) is 10.6 Å². The summed E-state index contributed by atoms with van der Waals surface area (Å²) in [5, 5.41) is 17.3. The van der Waals surface area contributed by atoms with Crippen molar-refractivity contribution in [2.45, 2.75) is 63.6 Å². The molecule has 0 fully saturated rings. The molecule has 2 aromatic carbocycles. The summed E-state index contributed by atoms with van der Waals surface area (Å²) in [4.78, 5) is 12.5. The molecule has 0 aromatic heterocycles. The number of nitrogens with one attached hydrogen (secondary N) is 2. The van der Waals surface area contributed by atoms with E-state index in [-0.39, 0.29) is 37.9 Å². The Bertz CT molecular complexity index is 978. The van der Waals surface area contributed by atoms with Gasteiger partial charge in [0.05, 0.1) is 25.4 Å². The largest absolute Gasteiger partial charge is 0.390 e.